The van der Waals surface area contributed by atoms with Crippen LogP contribution in [-0.4, -0.2) is 20.2 Å². The van der Waals surface area contributed by atoms with Gasteiger partial charge in [-0.2, -0.15) is 0 Å². The minimum atomic E-state index is -0.415. The summed E-state index contributed by atoms with van der Waals surface area (Å²) in [5.74, 6) is 0.106. The van der Waals surface area contributed by atoms with Gasteiger partial charge in [-0.15, -0.1) is 0 Å². The summed E-state index contributed by atoms with van der Waals surface area (Å²) in [5.41, 5.74) is 4.23. The highest BCUT2D eigenvalue weighted by atomic mass is 16.5. The average molecular weight is 318 g/mol. The fourth-order valence-electron chi connectivity index (χ4n) is 2.74. The average Bonchev–Trinajstić information content (AvgIpc) is 2.67. The third kappa shape index (κ3) is 3.01. The molecule has 0 bridgehead atoms. The zero-order chi connectivity index (χ0) is 16.9. The number of methoxy groups -OCH3 is 2. The lowest BCUT2D eigenvalue weighted by molar-refractivity contribution is 0.0597. The van der Waals surface area contributed by atoms with Gasteiger partial charge in [-0.3, -0.25) is 0 Å². The summed E-state index contributed by atoms with van der Waals surface area (Å²) in [6.07, 6.45) is 0. The highest BCUT2D eigenvalue weighted by molar-refractivity contribution is 5.98. The van der Waals surface area contributed by atoms with Crippen LogP contribution in [0, 0.1) is 0 Å². The van der Waals surface area contributed by atoms with E-state index in [2.05, 4.69) is 0 Å². The first-order chi connectivity index (χ1) is 11.7. The van der Waals surface area contributed by atoms with Gasteiger partial charge in [-0.25, -0.2) is 4.79 Å². The molecule has 3 heteroatoms. The molecule has 0 unspecified atom stereocenters. The first kappa shape index (κ1) is 15.8. The lowest BCUT2D eigenvalue weighted by Crippen LogP contribution is -2.06. The van der Waals surface area contributed by atoms with Gasteiger partial charge in [0.1, 0.15) is 11.3 Å². The van der Waals surface area contributed by atoms with E-state index < -0.39 is 5.97 Å². The Morgan fingerprint density at radius 3 is 1.88 bits per heavy atom. The topological polar surface area (TPSA) is 35.5 Å². The van der Waals surface area contributed by atoms with Gasteiger partial charge in [0.25, 0.3) is 0 Å². The third-order valence-corrected chi connectivity index (χ3v) is 3.89. The Balaban J connectivity index is 2.28. The van der Waals surface area contributed by atoms with E-state index in [1.165, 1.54) is 7.11 Å². The lowest BCUT2D eigenvalue weighted by Gasteiger charge is -2.15. The number of benzene rings is 3. The normalized spacial score (nSPS) is 10.2. The Labute approximate surface area is 141 Å². The summed E-state index contributed by atoms with van der Waals surface area (Å²) in [4.78, 5) is 12.3. The maximum Gasteiger partial charge on any atom is 0.341 e. The SMILES string of the molecule is COC(=O)c1cc(-c2ccccc2)cc(-c2ccccc2)c1OC. The molecule has 3 rings (SSSR count). The number of carbonyl (C=O) groups excluding carboxylic acids is 1. The molecule has 0 saturated carbocycles. The van der Waals surface area contributed by atoms with Crippen molar-refractivity contribution in [3.63, 3.8) is 0 Å². The summed E-state index contributed by atoms with van der Waals surface area (Å²) in [5, 5.41) is 0. The van der Waals surface area contributed by atoms with E-state index in [0.717, 1.165) is 22.3 Å². The van der Waals surface area contributed by atoms with Crippen LogP contribution in [0.2, 0.25) is 0 Å². The van der Waals surface area contributed by atoms with Gasteiger partial charge in [-0.1, -0.05) is 60.7 Å². The van der Waals surface area contributed by atoms with Gasteiger partial charge in [0.2, 0.25) is 0 Å². The Morgan fingerprint density at radius 1 is 0.750 bits per heavy atom. The molecule has 0 fully saturated rings. The van der Waals surface area contributed by atoms with Crippen LogP contribution in [-0.2, 0) is 4.74 Å². The molecule has 0 N–H and O–H groups in total. The highest BCUT2D eigenvalue weighted by Gasteiger charge is 2.19. The summed E-state index contributed by atoms with van der Waals surface area (Å²) in [6, 6.07) is 23.6. The second kappa shape index (κ2) is 7.01. The molecule has 0 amide bonds. The molecular weight excluding hydrogens is 300 g/mol. The number of hydrogen-bond acceptors (Lipinski definition) is 3. The minimum absolute atomic E-state index is 0.415. The second-order valence-corrected chi connectivity index (χ2v) is 5.33. The van der Waals surface area contributed by atoms with Crippen LogP contribution in [0.4, 0.5) is 0 Å². The van der Waals surface area contributed by atoms with E-state index in [9.17, 15) is 4.79 Å². The fourth-order valence-corrected chi connectivity index (χ4v) is 2.74. The molecule has 3 aromatic carbocycles. The summed E-state index contributed by atoms with van der Waals surface area (Å²) in [6.45, 7) is 0. The van der Waals surface area contributed by atoms with Crippen molar-refractivity contribution in [1.82, 2.24) is 0 Å². The third-order valence-electron chi connectivity index (χ3n) is 3.89. The molecule has 0 spiro atoms. The second-order valence-electron chi connectivity index (χ2n) is 5.33. The summed E-state index contributed by atoms with van der Waals surface area (Å²) >= 11 is 0. The number of esters is 1. The number of hydrogen-bond donors (Lipinski definition) is 0. The minimum Gasteiger partial charge on any atom is -0.495 e. The first-order valence-electron chi connectivity index (χ1n) is 7.65. The zero-order valence-corrected chi connectivity index (χ0v) is 13.7. The van der Waals surface area contributed by atoms with E-state index >= 15 is 0 Å². The van der Waals surface area contributed by atoms with Crippen molar-refractivity contribution in [2.45, 2.75) is 0 Å². The number of ether oxygens (including phenoxy) is 2. The highest BCUT2D eigenvalue weighted by Crippen LogP contribution is 2.37. The standard InChI is InChI=1S/C21H18O3/c1-23-20-18(16-11-7-4-8-12-16)13-17(14-19(20)21(22)24-2)15-9-5-3-6-10-15/h3-14H,1-2H3. The van der Waals surface area contributed by atoms with E-state index in [4.69, 9.17) is 9.47 Å². The van der Waals surface area contributed by atoms with Crippen LogP contribution in [0.25, 0.3) is 22.3 Å². The Bertz CT molecular complexity index is 840. The van der Waals surface area contributed by atoms with Crippen LogP contribution in [0.5, 0.6) is 5.75 Å². The van der Waals surface area contributed by atoms with Crippen LogP contribution in [0.15, 0.2) is 72.8 Å². The van der Waals surface area contributed by atoms with Gasteiger partial charge >= 0.3 is 5.97 Å². The van der Waals surface area contributed by atoms with Crippen molar-refractivity contribution >= 4 is 5.97 Å². The molecule has 0 aromatic heterocycles. The van der Waals surface area contributed by atoms with E-state index in [1.54, 1.807) is 7.11 Å². The molecular formula is C21H18O3. The van der Waals surface area contributed by atoms with Gasteiger partial charge in [-0.05, 0) is 28.8 Å². The van der Waals surface area contributed by atoms with E-state index in [0.29, 0.717) is 11.3 Å². The Hall–Kier alpha value is -3.07. The Morgan fingerprint density at radius 2 is 1.33 bits per heavy atom. The number of carbonyl (C=O) groups is 1. The van der Waals surface area contributed by atoms with Crippen molar-refractivity contribution in [1.29, 1.82) is 0 Å². The molecule has 0 atom stereocenters. The molecule has 0 heterocycles. The van der Waals surface area contributed by atoms with Crippen molar-refractivity contribution in [3.05, 3.63) is 78.4 Å². The van der Waals surface area contributed by atoms with Gasteiger partial charge < -0.3 is 9.47 Å². The van der Waals surface area contributed by atoms with Gasteiger partial charge in [0.15, 0.2) is 0 Å². The largest absolute Gasteiger partial charge is 0.495 e. The van der Waals surface area contributed by atoms with Crippen LogP contribution in [0.1, 0.15) is 10.4 Å². The smallest absolute Gasteiger partial charge is 0.341 e. The molecule has 120 valence electrons. The fraction of sp³-hybridized carbons (Fsp3) is 0.0952. The predicted octanol–water partition coefficient (Wildman–Crippen LogP) is 4.82. The summed E-state index contributed by atoms with van der Waals surface area (Å²) in [7, 11) is 2.94. The summed E-state index contributed by atoms with van der Waals surface area (Å²) < 4.78 is 10.5. The quantitative estimate of drug-likeness (QED) is 0.647. The first-order valence-corrected chi connectivity index (χ1v) is 7.65. The predicted molar refractivity (Wildman–Crippen MR) is 95.2 cm³/mol. The van der Waals surface area contributed by atoms with E-state index in [-0.39, 0.29) is 0 Å². The van der Waals surface area contributed by atoms with Crippen molar-refractivity contribution in [3.8, 4) is 28.0 Å². The molecule has 0 aliphatic carbocycles. The number of rotatable bonds is 4. The van der Waals surface area contributed by atoms with Crippen LogP contribution >= 0.6 is 0 Å². The molecule has 24 heavy (non-hydrogen) atoms. The molecule has 0 aliphatic rings. The molecule has 0 saturated heterocycles. The van der Waals surface area contributed by atoms with Crippen molar-refractivity contribution in [2.24, 2.45) is 0 Å². The molecule has 3 aromatic rings. The zero-order valence-electron chi connectivity index (χ0n) is 13.7. The van der Waals surface area contributed by atoms with Gasteiger partial charge in [0, 0.05) is 5.56 Å². The molecule has 3 nitrogen and oxygen atoms in total. The maximum absolute atomic E-state index is 12.3. The van der Waals surface area contributed by atoms with Crippen molar-refractivity contribution in [2.75, 3.05) is 14.2 Å². The van der Waals surface area contributed by atoms with Crippen LogP contribution in [0.3, 0.4) is 0 Å². The Kier molecular flexibility index (Phi) is 4.62. The van der Waals surface area contributed by atoms with Gasteiger partial charge in [0.05, 0.1) is 14.2 Å². The maximum atomic E-state index is 12.3. The lowest BCUT2D eigenvalue weighted by atomic mass is 9.95. The molecule has 0 radical (unpaired) electrons. The van der Waals surface area contributed by atoms with Crippen LogP contribution < -0.4 is 4.74 Å². The molecule has 0 aliphatic heterocycles. The monoisotopic (exact) mass is 318 g/mol. The van der Waals surface area contributed by atoms with Crippen molar-refractivity contribution < 1.29 is 14.3 Å². The van der Waals surface area contributed by atoms with E-state index in [1.807, 2.05) is 72.8 Å².